The van der Waals surface area contributed by atoms with Crippen molar-refractivity contribution < 1.29 is 0 Å². The summed E-state index contributed by atoms with van der Waals surface area (Å²) >= 11 is 0. The van der Waals surface area contributed by atoms with E-state index in [1.54, 1.807) is 0 Å². The first-order valence-corrected chi connectivity index (χ1v) is 17.5. The smallest absolute Gasteiger partial charge is 0.160 e. The van der Waals surface area contributed by atoms with Gasteiger partial charge in [-0.3, -0.25) is 4.98 Å². The van der Waals surface area contributed by atoms with E-state index in [-0.39, 0.29) is 0 Å². The van der Waals surface area contributed by atoms with Gasteiger partial charge >= 0.3 is 0 Å². The largest absolute Gasteiger partial charge is 0.254 e. The number of pyridine rings is 2. The molecule has 7 aromatic carbocycles. The van der Waals surface area contributed by atoms with E-state index in [0.717, 1.165) is 77.3 Å². The highest BCUT2D eigenvalue weighted by Crippen LogP contribution is 2.37. The Bertz CT molecular complexity index is 2960. The molecule has 10 aromatic rings. The Balaban J connectivity index is 1.08. The number of benzene rings is 7. The molecule has 0 atom stereocenters. The molecule has 4 heteroatoms. The fourth-order valence-electron chi connectivity index (χ4n) is 7.30. The lowest BCUT2D eigenvalue weighted by Gasteiger charge is -2.13. The Hall–Kier alpha value is -7.04. The molecule has 10 rings (SSSR count). The average Bonchev–Trinajstić information content (AvgIpc) is 3.23. The molecule has 0 fully saturated rings. The highest BCUT2D eigenvalue weighted by molar-refractivity contribution is 6.05. The van der Waals surface area contributed by atoms with Gasteiger partial charge in [0, 0.05) is 39.2 Å². The lowest BCUT2D eigenvalue weighted by Crippen LogP contribution is -1.96. The van der Waals surface area contributed by atoms with Gasteiger partial charge in [0.15, 0.2) is 5.82 Å². The first kappa shape index (κ1) is 29.8. The summed E-state index contributed by atoms with van der Waals surface area (Å²) < 4.78 is 0. The van der Waals surface area contributed by atoms with Crippen LogP contribution in [0.25, 0.3) is 99.6 Å². The van der Waals surface area contributed by atoms with Crippen molar-refractivity contribution in [1.29, 1.82) is 0 Å². The first-order chi connectivity index (χ1) is 25.7. The van der Waals surface area contributed by atoms with Crippen molar-refractivity contribution in [1.82, 2.24) is 19.9 Å². The van der Waals surface area contributed by atoms with Crippen LogP contribution in [0.15, 0.2) is 182 Å². The summed E-state index contributed by atoms with van der Waals surface area (Å²) in [6.45, 7) is 0. The number of fused-ring (bicyclic) bond motifs is 5. The van der Waals surface area contributed by atoms with E-state index in [1.165, 1.54) is 16.5 Å². The monoisotopic (exact) mass is 662 g/mol. The van der Waals surface area contributed by atoms with Crippen LogP contribution in [0.1, 0.15) is 0 Å². The molecule has 0 saturated heterocycles. The van der Waals surface area contributed by atoms with Crippen LogP contribution < -0.4 is 0 Å². The molecule has 0 N–H and O–H groups in total. The van der Waals surface area contributed by atoms with Crippen molar-refractivity contribution in [3.63, 3.8) is 0 Å². The van der Waals surface area contributed by atoms with E-state index >= 15 is 0 Å². The SMILES string of the molecule is c1ccc(-c2nc(-c3ccc4cc(-c5ccc6ccc7cccnc7c6n5)ccc4c3)cc(-c3cccc4c(-c5ccccc5)cccc34)n2)cc1. The third-order valence-corrected chi connectivity index (χ3v) is 9.90. The van der Waals surface area contributed by atoms with Gasteiger partial charge in [-0.05, 0) is 63.0 Å². The van der Waals surface area contributed by atoms with Gasteiger partial charge in [-0.15, -0.1) is 0 Å². The average molecular weight is 663 g/mol. The summed E-state index contributed by atoms with van der Waals surface area (Å²) in [6.07, 6.45) is 1.83. The molecule has 0 bridgehead atoms. The van der Waals surface area contributed by atoms with Crippen LogP contribution in [0.4, 0.5) is 0 Å². The quantitative estimate of drug-likeness (QED) is 0.172. The van der Waals surface area contributed by atoms with Crippen molar-refractivity contribution in [2.75, 3.05) is 0 Å². The molecule has 0 spiro atoms. The Morgan fingerprint density at radius 1 is 0.308 bits per heavy atom. The van der Waals surface area contributed by atoms with E-state index in [9.17, 15) is 0 Å². The minimum absolute atomic E-state index is 0.698. The molecule has 0 amide bonds. The predicted molar refractivity (Wildman–Crippen MR) is 215 cm³/mol. The van der Waals surface area contributed by atoms with Gasteiger partial charge in [0.05, 0.1) is 28.1 Å². The van der Waals surface area contributed by atoms with Crippen LogP contribution in [0.2, 0.25) is 0 Å². The van der Waals surface area contributed by atoms with E-state index < -0.39 is 0 Å². The zero-order chi connectivity index (χ0) is 34.4. The minimum Gasteiger partial charge on any atom is -0.254 e. The summed E-state index contributed by atoms with van der Waals surface area (Å²) in [5.74, 6) is 0.698. The van der Waals surface area contributed by atoms with E-state index in [2.05, 4.69) is 157 Å². The molecule has 3 heterocycles. The van der Waals surface area contributed by atoms with Crippen molar-refractivity contribution in [3.05, 3.63) is 182 Å². The second kappa shape index (κ2) is 12.4. The minimum atomic E-state index is 0.698. The summed E-state index contributed by atoms with van der Waals surface area (Å²) in [7, 11) is 0. The summed E-state index contributed by atoms with van der Waals surface area (Å²) in [5.41, 5.74) is 11.1. The van der Waals surface area contributed by atoms with Crippen LogP contribution in [0.3, 0.4) is 0 Å². The third-order valence-electron chi connectivity index (χ3n) is 9.90. The van der Waals surface area contributed by atoms with Crippen LogP contribution in [-0.2, 0) is 0 Å². The summed E-state index contributed by atoms with van der Waals surface area (Å²) in [5, 5.41) is 6.79. The van der Waals surface area contributed by atoms with Gasteiger partial charge in [0.25, 0.3) is 0 Å². The molecule has 0 radical (unpaired) electrons. The Morgan fingerprint density at radius 3 is 1.65 bits per heavy atom. The highest BCUT2D eigenvalue weighted by Gasteiger charge is 2.15. The lowest BCUT2D eigenvalue weighted by atomic mass is 9.94. The van der Waals surface area contributed by atoms with Crippen LogP contribution >= 0.6 is 0 Å². The maximum atomic E-state index is 5.18. The van der Waals surface area contributed by atoms with E-state index in [4.69, 9.17) is 15.0 Å². The third kappa shape index (κ3) is 5.26. The number of hydrogen-bond acceptors (Lipinski definition) is 4. The van der Waals surface area contributed by atoms with Crippen LogP contribution in [-0.4, -0.2) is 19.9 Å². The van der Waals surface area contributed by atoms with Crippen molar-refractivity contribution in [2.24, 2.45) is 0 Å². The van der Waals surface area contributed by atoms with Gasteiger partial charge in [-0.1, -0.05) is 146 Å². The lowest BCUT2D eigenvalue weighted by molar-refractivity contribution is 1.19. The van der Waals surface area contributed by atoms with Crippen molar-refractivity contribution in [2.45, 2.75) is 0 Å². The molecular weight excluding hydrogens is 633 g/mol. The van der Waals surface area contributed by atoms with E-state index in [1.807, 2.05) is 30.5 Å². The van der Waals surface area contributed by atoms with Gasteiger partial charge < -0.3 is 0 Å². The summed E-state index contributed by atoms with van der Waals surface area (Å²) in [4.78, 5) is 20.0. The van der Waals surface area contributed by atoms with Gasteiger partial charge in [-0.25, -0.2) is 15.0 Å². The highest BCUT2D eigenvalue weighted by atomic mass is 14.9. The first-order valence-electron chi connectivity index (χ1n) is 17.5. The van der Waals surface area contributed by atoms with Gasteiger partial charge in [0.1, 0.15) is 0 Å². The van der Waals surface area contributed by atoms with Crippen LogP contribution in [0, 0.1) is 0 Å². The zero-order valence-corrected chi connectivity index (χ0v) is 28.1. The molecule has 52 heavy (non-hydrogen) atoms. The maximum Gasteiger partial charge on any atom is 0.160 e. The molecule has 0 aliphatic rings. The second-order valence-corrected chi connectivity index (χ2v) is 13.1. The number of hydrogen-bond donors (Lipinski definition) is 0. The topological polar surface area (TPSA) is 51.6 Å². The fraction of sp³-hybridized carbons (Fsp3) is 0. The number of nitrogens with zero attached hydrogens (tertiary/aromatic N) is 4. The molecule has 242 valence electrons. The molecule has 4 nitrogen and oxygen atoms in total. The fourth-order valence-corrected chi connectivity index (χ4v) is 7.30. The van der Waals surface area contributed by atoms with Gasteiger partial charge in [0.2, 0.25) is 0 Å². The number of rotatable bonds is 5. The molecular formula is C48H30N4. The van der Waals surface area contributed by atoms with Crippen molar-refractivity contribution in [3.8, 4) is 56.3 Å². The predicted octanol–water partition coefficient (Wildman–Crippen LogP) is 12.2. The Labute approximate surface area is 300 Å². The molecule has 0 saturated carbocycles. The Morgan fingerprint density at radius 2 is 0.904 bits per heavy atom. The molecule has 0 aliphatic carbocycles. The zero-order valence-electron chi connectivity index (χ0n) is 28.1. The Kier molecular flexibility index (Phi) is 7.10. The maximum absolute atomic E-state index is 5.18. The molecule has 3 aromatic heterocycles. The van der Waals surface area contributed by atoms with E-state index in [0.29, 0.717) is 5.82 Å². The van der Waals surface area contributed by atoms with Gasteiger partial charge in [-0.2, -0.15) is 0 Å². The van der Waals surface area contributed by atoms with Crippen molar-refractivity contribution >= 4 is 43.4 Å². The normalized spacial score (nSPS) is 11.5. The summed E-state index contributed by atoms with van der Waals surface area (Å²) in [6, 6.07) is 61.5. The second-order valence-electron chi connectivity index (χ2n) is 13.1. The molecule has 0 unspecified atom stereocenters. The molecule has 0 aliphatic heterocycles. The number of aromatic nitrogens is 4. The van der Waals surface area contributed by atoms with Crippen LogP contribution in [0.5, 0.6) is 0 Å². The standard InChI is InChI=1S/C48H30N4/c1-3-10-31(11-4-1)39-15-7-17-41-40(39)16-8-18-42(41)45-30-44(51-48(52-45)34-12-5-2-6-13-34)38-24-22-35-28-37(23-21-36(35)29-38)43-26-25-33-20-19-32-14-9-27-49-46(32)47(33)50-43/h1-30H.